The zero-order chi connectivity index (χ0) is 10.5. The molecule has 0 radical (unpaired) electrons. The maximum atomic E-state index is 10.7. The molecule has 1 fully saturated rings. The molecule has 2 rings (SSSR count). The molecule has 0 spiro atoms. The molecule has 0 aromatic carbocycles. The Morgan fingerprint density at radius 1 is 1.53 bits per heavy atom. The summed E-state index contributed by atoms with van der Waals surface area (Å²) in [7, 11) is 0. The van der Waals surface area contributed by atoms with Crippen LogP contribution in [0.1, 0.15) is 15.2 Å². The maximum absolute atomic E-state index is 10.7. The molecule has 0 saturated carbocycles. The second-order valence-corrected chi connectivity index (χ2v) is 4.41. The summed E-state index contributed by atoms with van der Waals surface area (Å²) in [6.45, 7) is 4.63. The van der Waals surface area contributed by atoms with Gasteiger partial charge in [0.25, 0.3) is 0 Å². The number of carbonyl (C=O) groups excluding carboxylic acids is 1. The molecule has 4 nitrogen and oxygen atoms in total. The zero-order valence-electron chi connectivity index (χ0n) is 8.52. The van der Waals surface area contributed by atoms with Gasteiger partial charge in [0.15, 0.2) is 6.29 Å². The van der Waals surface area contributed by atoms with Gasteiger partial charge in [0.2, 0.25) is 0 Å². The van der Waals surface area contributed by atoms with Gasteiger partial charge in [0.1, 0.15) is 0 Å². The van der Waals surface area contributed by atoms with Crippen molar-refractivity contribution in [2.45, 2.75) is 6.42 Å². The highest BCUT2D eigenvalue weighted by Crippen LogP contribution is 2.13. The summed E-state index contributed by atoms with van der Waals surface area (Å²) in [5, 5.41) is 0. The SMILES string of the molecule is O=Cc1cnsc1CCN1CCOCC1. The lowest BCUT2D eigenvalue weighted by Crippen LogP contribution is -2.37. The Morgan fingerprint density at radius 3 is 3.07 bits per heavy atom. The van der Waals surface area contributed by atoms with Crippen LogP contribution < -0.4 is 0 Å². The highest BCUT2D eigenvalue weighted by Gasteiger charge is 2.11. The molecule has 0 N–H and O–H groups in total. The molecule has 15 heavy (non-hydrogen) atoms. The fourth-order valence-corrected chi connectivity index (χ4v) is 2.32. The molecule has 0 atom stereocenters. The number of aldehydes is 1. The Bertz CT molecular complexity index is 321. The zero-order valence-corrected chi connectivity index (χ0v) is 9.33. The Hall–Kier alpha value is -0.780. The minimum absolute atomic E-state index is 0.744. The fourth-order valence-electron chi connectivity index (χ4n) is 1.64. The number of hydrogen-bond acceptors (Lipinski definition) is 5. The first kappa shape index (κ1) is 10.7. The van der Waals surface area contributed by atoms with Gasteiger partial charge in [-0.2, -0.15) is 0 Å². The van der Waals surface area contributed by atoms with Crippen molar-refractivity contribution in [3.63, 3.8) is 0 Å². The first-order chi connectivity index (χ1) is 7.40. The van der Waals surface area contributed by atoms with Crippen molar-refractivity contribution in [2.75, 3.05) is 32.8 Å². The van der Waals surface area contributed by atoms with Crippen molar-refractivity contribution >= 4 is 17.8 Å². The highest BCUT2D eigenvalue weighted by molar-refractivity contribution is 7.06. The van der Waals surface area contributed by atoms with Crippen molar-refractivity contribution in [1.29, 1.82) is 0 Å². The standard InChI is InChI=1S/C10H14N2O2S/c13-8-9-7-11-15-10(9)1-2-12-3-5-14-6-4-12/h7-8H,1-6H2. The summed E-state index contributed by atoms with van der Waals surface area (Å²) >= 11 is 1.42. The van der Waals surface area contributed by atoms with Crippen molar-refractivity contribution in [3.05, 3.63) is 16.6 Å². The number of hydrogen-bond donors (Lipinski definition) is 0. The summed E-state index contributed by atoms with van der Waals surface area (Å²) in [5.41, 5.74) is 0.744. The first-order valence-corrected chi connectivity index (χ1v) is 5.86. The quantitative estimate of drug-likeness (QED) is 0.713. The van der Waals surface area contributed by atoms with Crippen LogP contribution in [0.2, 0.25) is 0 Å². The lowest BCUT2D eigenvalue weighted by atomic mass is 10.2. The molecule has 1 saturated heterocycles. The number of aromatic nitrogens is 1. The van der Waals surface area contributed by atoms with Gasteiger partial charge in [-0.25, -0.2) is 4.37 Å². The van der Waals surface area contributed by atoms with E-state index in [1.165, 1.54) is 11.5 Å². The predicted molar refractivity (Wildman–Crippen MR) is 58.5 cm³/mol. The van der Waals surface area contributed by atoms with Crippen molar-refractivity contribution in [3.8, 4) is 0 Å². The summed E-state index contributed by atoms with van der Waals surface area (Å²) in [4.78, 5) is 14.1. The minimum Gasteiger partial charge on any atom is -0.379 e. The molecular weight excluding hydrogens is 212 g/mol. The number of ether oxygens (including phenoxy) is 1. The van der Waals surface area contributed by atoms with Crippen LogP contribution in [0, 0.1) is 0 Å². The van der Waals surface area contributed by atoms with Gasteiger partial charge in [0, 0.05) is 30.1 Å². The highest BCUT2D eigenvalue weighted by atomic mass is 32.1. The van der Waals surface area contributed by atoms with E-state index in [2.05, 4.69) is 9.27 Å². The average Bonchev–Trinajstić information content (AvgIpc) is 2.75. The van der Waals surface area contributed by atoms with E-state index in [0.717, 1.165) is 56.0 Å². The molecule has 0 amide bonds. The van der Waals surface area contributed by atoms with Crippen LogP contribution in [0.15, 0.2) is 6.20 Å². The number of morpholine rings is 1. The van der Waals surface area contributed by atoms with Crippen LogP contribution >= 0.6 is 11.5 Å². The molecule has 1 aliphatic rings. The summed E-state index contributed by atoms with van der Waals surface area (Å²) < 4.78 is 9.30. The molecule has 82 valence electrons. The normalized spacial score (nSPS) is 17.9. The second-order valence-electron chi connectivity index (χ2n) is 3.53. The summed E-state index contributed by atoms with van der Waals surface area (Å²) in [6.07, 6.45) is 3.45. The molecule has 0 unspecified atom stereocenters. The van der Waals surface area contributed by atoms with E-state index in [0.29, 0.717) is 0 Å². The van der Waals surface area contributed by atoms with Crippen LogP contribution in [0.4, 0.5) is 0 Å². The molecule has 0 aliphatic carbocycles. The van der Waals surface area contributed by atoms with Gasteiger partial charge >= 0.3 is 0 Å². The summed E-state index contributed by atoms with van der Waals surface area (Å²) in [5.74, 6) is 0. The van der Waals surface area contributed by atoms with Crippen molar-refractivity contribution in [2.24, 2.45) is 0 Å². The molecular formula is C10H14N2O2S. The number of rotatable bonds is 4. The lowest BCUT2D eigenvalue weighted by molar-refractivity contribution is 0.0385. The maximum Gasteiger partial charge on any atom is 0.152 e. The van der Waals surface area contributed by atoms with E-state index in [-0.39, 0.29) is 0 Å². The summed E-state index contributed by atoms with van der Waals surface area (Å²) in [6, 6.07) is 0. The number of nitrogens with zero attached hydrogens (tertiary/aromatic N) is 2. The molecule has 5 heteroatoms. The molecule has 1 aromatic heterocycles. The Labute approximate surface area is 93.0 Å². The third kappa shape index (κ3) is 2.84. The van der Waals surface area contributed by atoms with Crippen molar-refractivity contribution in [1.82, 2.24) is 9.27 Å². The smallest absolute Gasteiger partial charge is 0.152 e. The van der Waals surface area contributed by atoms with Gasteiger partial charge in [-0.15, -0.1) is 0 Å². The Kier molecular flexibility index (Phi) is 3.82. The van der Waals surface area contributed by atoms with E-state index in [4.69, 9.17) is 4.74 Å². The first-order valence-electron chi connectivity index (χ1n) is 5.09. The van der Waals surface area contributed by atoms with E-state index in [1.807, 2.05) is 0 Å². The van der Waals surface area contributed by atoms with Gasteiger partial charge in [-0.1, -0.05) is 0 Å². The molecule has 1 aliphatic heterocycles. The molecule has 2 heterocycles. The molecule has 1 aromatic rings. The number of carbonyl (C=O) groups is 1. The second kappa shape index (κ2) is 5.34. The molecule has 0 bridgehead atoms. The minimum atomic E-state index is 0.744. The van der Waals surface area contributed by atoms with Gasteiger partial charge < -0.3 is 4.74 Å². The monoisotopic (exact) mass is 226 g/mol. The Morgan fingerprint density at radius 2 is 2.33 bits per heavy atom. The lowest BCUT2D eigenvalue weighted by Gasteiger charge is -2.26. The van der Waals surface area contributed by atoms with E-state index < -0.39 is 0 Å². The third-order valence-corrected chi connectivity index (χ3v) is 3.43. The van der Waals surface area contributed by atoms with Crippen molar-refractivity contribution < 1.29 is 9.53 Å². The van der Waals surface area contributed by atoms with Crippen LogP contribution in [0.5, 0.6) is 0 Å². The predicted octanol–water partition coefficient (Wildman–Crippen LogP) is 0.830. The van der Waals surface area contributed by atoms with E-state index in [1.54, 1.807) is 6.20 Å². The van der Waals surface area contributed by atoms with Crippen LogP contribution in [0.25, 0.3) is 0 Å². The van der Waals surface area contributed by atoms with Gasteiger partial charge in [-0.05, 0) is 18.0 Å². The Balaban J connectivity index is 1.84. The third-order valence-electron chi connectivity index (χ3n) is 2.56. The largest absolute Gasteiger partial charge is 0.379 e. The topological polar surface area (TPSA) is 42.4 Å². The van der Waals surface area contributed by atoms with E-state index >= 15 is 0 Å². The van der Waals surface area contributed by atoms with Crippen LogP contribution in [0.3, 0.4) is 0 Å². The fraction of sp³-hybridized carbons (Fsp3) is 0.600. The van der Waals surface area contributed by atoms with Gasteiger partial charge in [0.05, 0.1) is 19.4 Å². The van der Waals surface area contributed by atoms with E-state index in [9.17, 15) is 4.79 Å². The van der Waals surface area contributed by atoms with Gasteiger partial charge in [-0.3, -0.25) is 9.69 Å². The van der Waals surface area contributed by atoms with Crippen LogP contribution in [-0.2, 0) is 11.2 Å². The van der Waals surface area contributed by atoms with Crippen LogP contribution in [-0.4, -0.2) is 48.4 Å². The average molecular weight is 226 g/mol.